The Morgan fingerprint density at radius 3 is 1.53 bits per heavy atom. The molecule has 0 saturated carbocycles. The molecule has 0 unspecified atom stereocenters. The third-order valence-corrected chi connectivity index (χ3v) is 11.0. The van der Waals surface area contributed by atoms with Gasteiger partial charge in [0.05, 0.1) is 0 Å². The zero-order valence-corrected chi connectivity index (χ0v) is 28.9. The van der Waals surface area contributed by atoms with Crippen LogP contribution in [0.3, 0.4) is 0 Å². The lowest BCUT2D eigenvalue weighted by molar-refractivity contribution is 0.673. The van der Waals surface area contributed by atoms with E-state index in [1.165, 1.54) is 71.1 Å². The molecule has 11 rings (SSSR count). The summed E-state index contributed by atoms with van der Waals surface area (Å²) in [6.07, 6.45) is 0. The van der Waals surface area contributed by atoms with Gasteiger partial charge in [-0.25, -0.2) is 0 Å². The second-order valence-electron chi connectivity index (χ2n) is 14.0. The lowest BCUT2D eigenvalue weighted by Gasteiger charge is -2.19. The molecular formula is C52H32O. The highest BCUT2D eigenvalue weighted by atomic mass is 16.3. The average Bonchev–Trinajstić information content (AvgIpc) is 3.62. The first kappa shape index (κ1) is 29.7. The molecule has 0 spiro atoms. The van der Waals surface area contributed by atoms with Gasteiger partial charge in [0.25, 0.3) is 0 Å². The molecular weight excluding hydrogens is 641 g/mol. The van der Waals surface area contributed by atoms with E-state index in [0.717, 1.165) is 38.5 Å². The summed E-state index contributed by atoms with van der Waals surface area (Å²) in [6, 6.07) is 70.5. The summed E-state index contributed by atoms with van der Waals surface area (Å²) < 4.78 is 6.88. The number of furan rings is 1. The third-order valence-electron chi connectivity index (χ3n) is 11.0. The van der Waals surface area contributed by atoms with E-state index >= 15 is 0 Å². The normalized spacial score (nSPS) is 11.8. The van der Waals surface area contributed by atoms with Crippen molar-refractivity contribution >= 4 is 65.0 Å². The van der Waals surface area contributed by atoms with Crippen LogP contribution in [-0.4, -0.2) is 0 Å². The highest BCUT2D eigenvalue weighted by Crippen LogP contribution is 2.49. The van der Waals surface area contributed by atoms with E-state index in [4.69, 9.17) is 4.42 Å². The van der Waals surface area contributed by atoms with Crippen LogP contribution in [0.2, 0.25) is 0 Å². The van der Waals surface area contributed by atoms with Crippen LogP contribution in [0.5, 0.6) is 0 Å². The number of rotatable bonds is 4. The van der Waals surface area contributed by atoms with Crippen LogP contribution in [0.15, 0.2) is 199 Å². The fourth-order valence-corrected chi connectivity index (χ4v) is 8.65. The maximum Gasteiger partial charge on any atom is 0.143 e. The first-order valence-corrected chi connectivity index (χ1v) is 18.3. The molecule has 1 nitrogen and oxygen atoms in total. The predicted molar refractivity (Wildman–Crippen MR) is 225 cm³/mol. The van der Waals surface area contributed by atoms with Gasteiger partial charge >= 0.3 is 0 Å². The Morgan fingerprint density at radius 1 is 0.283 bits per heavy atom. The van der Waals surface area contributed by atoms with Gasteiger partial charge < -0.3 is 4.42 Å². The van der Waals surface area contributed by atoms with Gasteiger partial charge in [0.1, 0.15) is 11.2 Å². The van der Waals surface area contributed by atoms with Crippen LogP contribution in [-0.2, 0) is 0 Å². The zero-order chi connectivity index (χ0) is 34.9. The Bertz CT molecular complexity index is 3140. The SMILES string of the molecule is c1ccc(-c2cc(-c3c4ccccc4c(-c4ccc(-c5cccc6ccccc56)cc4)c4ccccc34)c3c(c2)oc2c4ccccc4ccc23)cc1. The van der Waals surface area contributed by atoms with Crippen molar-refractivity contribution in [3.63, 3.8) is 0 Å². The molecule has 1 aromatic heterocycles. The van der Waals surface area contributed by atoms with Gasteiger partial charge in [0.2, 0.25) is 0 Å². The Hall–Kier alpha value is -6.96. The van der Waals surface area contributed by atoms with Crippen molar-refractivity contribution in [2.45, 2.75) is 0 Å². The molecule has 0 aliphatic rings. The van der Waals surface area contributed by atoms with Gasteiger partial charge in [-0.1, -0.05) is 176 Å². The second kappa shape index (κ2) is 11.8. The number of benzene rings is 10. The van der Waals surface area contributed by atoms with Crippen LogP contribution >= 0.6 is 0 Å². The lowest BCUT2D eigenvalue weighted by Crippen LogP contribution is -1.92. The summed E-state index contributed by atoms with van der Waals surface area (Å²) in [5, 5.41) is 12.0. The minimum Gasteiger partial charge on any atom is -0.455 e. The summed E-state index contributed by atoms with van der Waals surface area (Å²) in [5.74, 6) is 0. The summed E-state index contributed by atoms with van der Waals surface area (Å²) in [4.78, 5) is 0. The van der Waals surface area contributed by atoms with Crippen LogP contribution in [0, 0.1) is 0 Å². The zero-order valence-electron chi connectivity index (χ0n) is 28.9. The van der Waals surface area contributed by atoms with Crippen molar-refractivity contribution in [3.05, 3.63) is 194 Å². The molecule has 0 aliphatic heterocycles. The van der Waals surface area contributed by atoms with Crippen molar-refractivity contribution in [3.8, 4) is 44.5 Å². The monoisotopic (exact) mass is 672 g/mol. The Balaban J connectivity index is 1.21. The molecule has 0 aliphatic carbocycles. The average molecular weight is 673 g/mol. The van der Waals surface area contributed by atoms with Crippen molar-refractivity contribution in [2.24, 2.45) is 0 Å². The fraction of sp³-hybridized carbons (Fsp3) is 0. The molecule has 10 aromatic carbocycles. The number of hydrogen-bond donors (Lipinski definition) is 0. The number of hydrogen-bond acceptors (Lipinski definition) is 1. The van der Waals surface area contributed by atoms with E-state index in [9.17, 15) is 0 Å². The predicted octanol–water partition coefficient (Wildman–Crippen LogP) is 14.9. The molecule has 53 heavy (non-hydrogen) atoms. The van der Waals surface area contributed by atoms with E-state index in [0.29, 0.717) is 0 Å². The summed E-state index contributed by atoms with van der Waals surface area (Å²) in [6.45, 7) is 0. The molecule has 246 valence electrons. The Morgan fingerprint density at radius 2 is 0.830 bits per heavy atom. The fourth-order valence-electron chi connectivity index (χ4n) is 8.65. The lowest BCUT2D eigenvalue weighted by atomic mass is 9.84. The van der Waals surface area contributed by atoms with Crippen molar-refractivity contribution in [1.29, 1.82) is 0 Å². The first-order chi connectivity index (χ1) is 26.3. The largest absolute Gasteiger partial charge is 0.455 e. The molecule has 11 aromatic rings. The molecule has 0 N–H and O–H groups in total. The molecule has 0 fully saturated rings. The van der Waals surface area contributed by atoms with Crippen molar-refractivity contribution < 1.29 is 4.42 Å². The van der Waals surface area contributed by atoms with E-state index in [2.05, 4.69) is 194 Å². The van der Waals surface area contributed by atoms with Crippen LogP contribution in [0.4, 0.5) is 0 Å². The van der Waals surface area contributed by atoms with Gasteiger partial charge in [0, 0.05) is 16.2 Å². The van der Waals surface area contributed by atoms with Gasteiger partial charge in [-0.2, -0.15) is 0 Å². The summed E-state index contributed by atoms with van der Waals surface area (Å²) in [7, 11) is 0. The third kappa shape index (κ3) is 4.64. The van der Waals surface area contributed by atoms with Gasteiger partial charge in [-0.05, 0) is 100 Å². The molecule has 0 radical (unpaired) electrons. The molecule has 0 atom stereocenters. The molecule has 1 heteroatoms. The minimum absolute atomic E-state index is 0.897. The summed E-state index contributed by atoms with van der Waals surface area (Å²) in [5.41, 5.74) is 11.5. The topological polar surface area (TPSA) is 13.1 Å². The smallest absolute Gasteiger partial charge is 0.143 e. The molecule has 1 heterocycles. The maximum absolute atomic E-state index is 6.88. The maximum atomic E-state index is 6.88. The quantitative estimate of drug-likeness (QED) is 0.170. The van der Waals surface area contributed by atoms with E-state index in [-0.39, 0.29) is 0 Å². The van der Waals surface area contributed by atoms with E-state index < -0.39 is 0 Å². The highest BCUT2D eigenvalue weighted by Gasteiger charge is 2.22. The minimum atomic E-state index is 0.897. The van der Waals surface area contributed by atoms with Gasteiger partial charge in [-0.15, -0.1) is 0 Å². The molecule has 0 saturated heterocycles. The van der Waals surface area contributed by atoms with E-state index in [1.807, 2.05) is 0 Å². The molecule has 0 bridgehead atoms. The van der Waals surface area contributed by atoms with Gasteiger partial charge in [0.15, 0.2) is 0 Å². The van der Waals surface area contributed by atoms with Crippen LogP contribution in [0.1, 0.15) is 0 Å². The number of fused-ring (bicyclic) bond motifs is 8. The Kier molecular flexibility index (Phi) is 6.62. The second-order valence-corrected chi connectivity index (χ2v) is 14.0. The standard InChI is InChI=1S/C52H32O/c1-2-13-33(14-3-1)38-31-47(51-46-30-29-35-16-5-7-19-41(35)52(46)53-48(51)32-38)50-44-22-10-8-20-42(44)49(43-21-9-11-23-45(43)50)37-27-25-36(26-28-37)40-24-12-17-34-15-4-6-18-39(34)40/h1-32H. The Labute approximate surface area is 307 Å². The summed E-state index contributed by atoms with van der Waals surface area (Å²) >= 11 is 0. The van der Waals surface area contributed by atoms with Crippen molar-refractivity contribution in [1.82, 2.24) is 0 Å². The van der Waals surface area contributed by atoms with Gasteiger partial charge in [-0.3, -0.25) is 0 Å². The first-order valence-electron chi connectivity index (χ1n) is 18.3. The van der Waals surface area contributed by atoms with Crippen molar-refractivity contribution in [2.75, 3.05) is 0 Å². The molecule has 0 amide bonds. The van der Waals surface area contributed by atoms with Crippen LogP contribution < -0.4 is 0 Å². The highest BCUT2D eigenvalue weighted by molar-refractivity contribution is 6.27. The van der Waals surface area contributed by atoms with E-state index in [1.54, 1.807) is 0 Å². The van der Waals surface area contributed by atoms with Crippen LogP contribution in [0.25, 0.3) is 110 Å².